The molecule has 3 rings (SSSR count). The maximum Gasteiger partial charge on any atom is 0.251 e. The minimum absolute atomic E-state index is 0.0124. The summed E-state index contributed by atoms with van der Waals surface area (Å²) < 4.78 is 5.16. The first kappa shape index (κ1) is 19.4. The Labute approximate surface area is 162 Å². The van der Waals surface area contributed by atoms with Crippen molar-refractivity contribution in [3.05, 3.63) is 65.2 Å². The van der Waals surface area contributed by atoms with E-state index in [2.05, 4.69) is 29.3 Å². The Hall–Kier alpha value is -2.33. The summed E-state index contributed by atoms with van der Waals surface area (Å²) in [6, 6.07) is 16.0. The molecule has 0 unspecified atom stereocenters. The highest BCUT2D eigenvalue weighted by Crippen LogP contribution is 2.18. The molecule has 4 heteroatoms. The van der Waals surface area contributed by atoms with Crippen molar-refractivity contribution in [2.24, 2.45) is 5.92 Å². The van der Waals surface area contributed by atoms with Gasteiger partial charge in [0.05, 0.1) is 7.11 Å². The van der Waals surface area contributed by atoms with Crippen LogP contribution in [-0.4, -0.2) is 37.6 Å². The molecule has 1 atom stereocenters. The van der Waals surface area contributed by atoms with Crippen molar-refractivity contribution in [1.82, 2.24) is 10.2 Å². The fourth-order valence-corrected chi connectivity index (χ4v) is 3.66. The normalized spacial score (nSPS) is 17.5. The number of nitrogens with one attached hydrogen (secondary N) is 1. The van der Waals surface area contributed by atoms with Crippen LogP contribution in [0, 0.1) is 5.92 Å². The van der Waals surface area contributed by atoms with Gasteiger partial charge in [-0.3, -0.25) is 9.69 Å². The van der Waals surface area contributed by atoms with Crippen molar-refractivity contribution in [1.29, 1.82) is 0 Å². The van der Waals surface area contributed by atoms with Gasteiger partial charge in [-0.1, -0.05) is 31.2 Å². The molecule has 1 aliphatic rings. The van der Waals surface area contributed by atoms with E-state index in [0.29, 0.717) is 6.54 Å². The Morgan fingerprint density at radius 2 is 1.81 bits per heavy atom. The van der Waals surface area contributed by atoms with Gasteiger partial charge in [-0.05, 0) is 67.1 Å². The van der Waals surface area contributed by atoms with Gasteiger partial charge in [-0.15, -0.1) is 0 Å². The van der Waals surface area contributed by atoms with Gasteiger partial charge in [0, 0.05) is 25.2 Å². The molecule has 2 aromatic rings. The molecule has 4 nitrogen and oxygen atoms in total. The molecule has 1 saturated heterocycles. The number of ether oxygens (including phenoxy) is 1. The molecule has 0 saturated carbocycles. The third-order valence-electron chi connectivity index (χ3n) is 5.22. The van der Waals surface area contributed by atoms with Crippen molar-refractivity contribution in [2.75, 3.05) is 26.7 Å². The maximum atomic E-state index is 12.3. The molecule has 0 aliphatic carbocycles. The van der Waals surface area contributed by atoms with E-state index in [-0.39, 0.29) is 5.91 Å². The van der Waals surface area contributed by atoms with Gasteiger partial charge >= 0.3 is 0 Å². The van der Waals surface area contributed by atoms with Crippen LogP contribution in [0.25, 0.3) is 0 Å². The van der Waals surface area contributed by atoms with E-state index in [1.165, 1.54) is 37.1 Å². The molecule has 27 heavy (non-hydrogen) atoms. The quantitative estimate of drug-likeness (QED) is 0.808. The summed E-state index contributed by atoms with van der Waals surface area (Å²) in [5.41, 5.74) is 3.18. The fraction of sp³-hybridized carbons (Fsp3) is 0.435. The first-order valence-corrected chi connectivity index (χ1v) is 9.86. The Balaban J connectivity index is 1.45. The highest BCUT2D eigenvalue weighted by molar-refractivity contribution is 5.94. The van der Waals surface area contributed by atoms with Crippen molar-refractivity contribution in [3.63, 3.8) is 0 Å². The number of benzene rings is 2. The lowest BCUT2D eigenvalue weighted by Gasteiger charge is -2.30. The van der Waals surface area contributed by atoms with Gasteiger partial charge in [0.25, 0.3) is 5.91 Å². The topological polar surface area (TPSA) is 41.6 Å². The summed E-state index contributed by atoms with van der Waals surface area (Å²) in [6.07, 6.45) is 3.43. The lowest BCUT2D eigenvalue weighted by Crippen LogP contribution is -2.33. The molecule has 0 spiro atoms. The molecule has 144 valence electrons. The van der Waals surface area contributed by atoms with E-state index in [1.54, 1.807) is 7.11 Å². The van der Waals surface area contributed by atoms with Gasteiger partial charge in [0.15, 0.2) is 0 Å². The number of rotatable bonds is 7. The summed E-state index contributed by atoms with van der Waals surface area (Å²) in [5.74, 6) is 1.62. The molecule has 1 heterocycles. The summed E-state index contributed by atoms with van der Waals surface area (Å²) in [5, 5.41) is 3.00. The maximum absolute atomic E-state index is 12.3. The number of piperidine rings is 1. The minimum atomic E-state index is -0.0124. The summed E-state index contributed by atoms with van der Waals surface area (Å²) in [7, 11) is 1.66. The van der Waals surface area contributed by atoms with Crippen LogP contribution in [0.5, 0.6) is 5.75 Å². The summed E-state index contributed by atoms with van der Waals surface area (Å²) in [4.78, 5) is 14.9. The fourth-order valence-electron chi connectivity index (χ4n) is 3.66. The Morgan fingerprint density at radius 3 is 2.48 bits per heavy atom. The first-order valence-electron chi connectivity index (χ1n) is 9.86. The third-order valence-corrected chi connectivity index (χ3v) is 5.22. The number of methoxy groups -OCH3 is 1. The number of hydrogen-bond donors (Lipinski definition) is 1. The zero-order valence-electron chi connectivity index (χ0n) is 16.4. The molecule has 1 N–H and O–H groups in total. The molecule has 1 aliphatic heterocycles. The molecule has 2 aromatic carbocycles. The molecular formula is C23H30N2O2. The van der Waals surface area contributed by atoms with E-state index in [0.717, 1.165) is 30.2 Å². The molecule has 1 amide bonds. The zero-order valence-corrected chi connectivity index (χ0v) is 16.4. The van der Waals surface area contributed by atoms with E-state index in [4.69, 9.17) is 4.74 Å². The van der Waals surface area contributed by atoms with Crippen LogP contribution in [0.3, 0.4) is 0 Å². The lowest BCUT2D eigenvalue weighted by molar-refractivity contribution is 0.0954. The standard InChI is InChI=1S/C23H30N2O2/c1-18-4-3-15-25(16-18)17-20-5-9-21(10-6-20)23(26)24-14-13-19-7-11-22(27-2)12-8-19/h5-12,18H,3-4,13-17H2,1-2H3,(H,24,26)/t18-/m0/s1. The number of carbonyl (C=O) groups is 1. The van der Waals surface area contributed by atoms with Crippen LogP contribution in [0.2, 0.25) is 0 Å². The van der Waals surface area contributed by atoms with Crippen LogP contribution >= 0.6 is 0 Å². The molecule has 0 aromatic heterocycles. The van der Waals surface area contributed by atoms with Crippen molar-refractivity contribution < 1.29 is 9.53 Å². The second kappa shape index (κ2) is 9.56. The van der Waals surface area contributed by atoms with E-state index in [1.807, 2.05) is 36.4 Å². The van der Waals surface area contributed by atoms with Gasteiger partial charge in [-0.2, -0.15) is 0 Å². The van der Waals surface area contributed by atoms with Gasteiger partial charge in [0.2, 0.25) is 0 Å². The SMILES string of the molecule is COc1ccc(CCNC(=O)c2ccc(CN3CCC[C@H](C)C3)cc2)cc1. The highest BCUT2D eigenvalue weighted by Gasteiger charge is 2.16. The van der Waals surface area contributed by atoms with Crippen LogP contribution in [0.1, 0.15) is 41.3 Å². The molecule has 0 bridgehead atoms. The van der Waals surface area contributed by atoms with Crippen molar-refractivity contribution in [3.8, 4) is 5.75 Å². The van der Waals surface area contributed by atoms with Crippen LogP contribution in [0.4, 0.5) is 0 Å². The number of likely N-dealkylation sites (tertiary alicyclic amines) is 1. The van der Waals surface area contributed by atoms with Gasteiger partial charge in [0.1, 0.15) is 5.75 Å². The van der Waals surface area contributed by atoms with Crippen LogP contribution < -0.4 is 10.1 Å². The first-order chi connectivity index (χ1) is 13.1. The number of carbonyl (C=O) groups excluding carboxylic acids is 1. The molecule has 0 radical (unpaired) electrons. The predicted octanol–water partition coefficient (Wildman–Crippen LogP) is 3.90. The lowest BCUT2D eigenvalue weighted by atomic mass is 9.99. The highest BCUT2D eigenvalue weighted by atomic mass is 16.5. The predicted molar refractivity (Wildman–Crippen MR) is 109 cm³/mol. The van der Waals surface area contributed by atoms with Crippen molar-refractivity contribution in [2.45, 2.75) is 32.7 Å². The average Bonchev–Trinajstić information content (AvgIpc) is 2.69. The van der Waals surface area contributed by atoms with E-state index >= 15 is 0 Å². The minimum Gasteiger partial charge on any atom is -0.497 e. The summed E-state index contributed by atoms with van der Waals surface area (Å²) in [6.45, 7) is 6.28. The smallest absolute Gasteiger partial charge is 0.251 e. The molecule has 1 fully saturated rings. The Bertz CT molecular complexity index is 725. The number of amides is 1. The van der Waals surface area contributed by atoms with E-state index in [9.17, 15) is 4.79 Å². The van der Waals surface area contributed by atoms with Crippen LogP contribution in [-0.2, 0) is 13.0 Å². The van der Waals surface area contributed by atoms with Crippen molar-refractivity contribution >= 4 is 5.91 Å². The van der Waals surface area contributed by atoms with E-state index < -0.39 is 0 Å². The number of hydrogen-bond acceptors (Lipinski definition) is 3. The Kier molecular flexibility index (Phi) is 6.88. The second-order valence-electron chi connectivity index (χ2n) is 7.53. The monoisotopic (exact) mass is 366 g/mol. The largest absolute Gasteiger partial charge is 0.497 e. The summed E-state index contributed by atoms with van der Waals surface area (Å²) >= 11 is 0. The average molecular weight is 367 g/mol. The molecular weight excluding hydrogens is 336 g/mol. The third kappa shape index (κ3) is 5.83. The van der Waals surface area contributed by atoms with Crippen LogP contribution in [0.15, 0.2) is 48.5 Å². The van der Waals surface area contributed by atoms with Gasteiger partial charge < -0.3 is 10.1 Å². The zero-order chi connectivity index (χ0) is 19.1. The Morgan fingerprint density at radius 1 is 1.11 bits per heavy atom. The van der Waals surface area contributed by atoms with Gasteiger partial charge in [-0.25, -0.2) is 0 Å². The number of nitrogens with zero attached hydrogens (tertiary/aromatic N) is 1. The second-order valence-corrected chi connectivity index (χ2v) is 7.53.